The summed E-state index contributed by atoms with van der Waals surface area (Å²) < 4.78 is 27.9. The number of nitrogens with zero attached hydrogens (tertiary/aromatic N) is 1. The molecule has 3 nitrogen and oxygen atoms in total. The van der Waals surface area contributed by atoms with E-state index < -0.39 is 17.8 Å². The van der Waals surface area contributed by atoms with Gasteiger partial charge in [0, 0.05) is 11.8 Å². The van der Waals surface area contributed by atoms with Gasteiger partial charge in [-0.15, -0.1) is 0 Å². The summed E-state index contributed by atoms with van der Waals surface area (Å²) in [6, 6.07) is 11.4. The second-order valence-electron chi connectivity index (χ2n) is 3.98. The Morgan fingerprint density at radius 1 is 1.11 bits per heavy atom. The summed E-state index contributed by atoms with van der Waals surface area (Å²) in [6.45, 7) is 0. The third-order valence-corrected chi connectivity index (χ3v) is 2.65. The Kier molecular flexibility index (Phi) is 3.66. The molecule has 19 heavy (non-hydrogen) atoms. The SMILES string of the molecule is O=C(c1ccccc1)C(F)(F)C(O)c1ccccn1. The minimum Gasteiger partial charge on any atom is -0.380 e. The molecule has 0 fully saturated rings. The molecule has 0 spiro atoms. The third kappa shape index (κ3) is 2.66. The molecule has 0 saturated carbocycles. The molecule has 5 heteroatoms. The van der Waals surface area contributed by atoms with Crippen LogP contribution in [-0.4, -0.2) is 21.8 Å². The monoisotopic (exact) mass is 263 g/mol. The minimum atomic E-state index is -3.92. The van der Waals surface area contributed by atoms with Crippen LogP contribution in [0.4, 0.5) is 8.78 Å². The van der Waals surface area contributed by atoms with Gasteiger partial charge in [0.05, 0.1) is 5.69 Å². The summed E-state index contributed by atoms with van der Waals surface area (Å²) in [5.74, 6) is -5.35. The summed E-state index contributed by atoms with van der Waals surface area (Å²) >= 11 is 0. The van der Waals surface area contributed by atoms with Crippen molar-refractivity contribution in [2.24, 2.45) is 0 Å². The zero-order chi connectivity index (χ0) is 13.9. The number of halogens is 2. The normalized spacial score (nSPS) is 13.0. The molecule has 0 aliphatic heterocycles. The number of hydrogen-bond donors (Lipinski definition) is 1. The lowest BCUT2D eigenvalue weighted by atomic mass is 9.99. The number of rotatable bonds is 4. The Bertz CT molecular complexity index is 558. The average molecular weight is 263 g/mol. The van der Waals surface area contributed by atoms with E-state index in [9.17, 15) is 18.7 Å². The molecule has 1 heterocycles. The fraction of sp³-hybridized carbons (Fsp3) is 0.143. The fourth-order valence-corrected chi connectivity index (χ4v) is 1.63. The van der Waals surface area contributed by atoms with Gasteiger partial charge in [0.2, 0.25) is 5.78 Å². The first-order valence-electron chi connectivity index (χ1n) is 5.60. The van der Waals surface area contributed by atoms with Crippen molar-refractivity contribution in [3.05, 3.63) is 66.0 Å². The summed E-state index contributed by atoms with van der Waals surface area (Å²) in [5, 5.41) is 9.65. The van der Waals surface area contributed by atoms with E-state index >= 15 is 0 Å². The van der Waals surface area contributed by atoms with E-state index in [4.69, 9.17) is 0 Å². The molecule has 1 unspecified atom stereocenters. The lowest BCUT2D eigenvalue weighted by Gasteiger charge is -2.20. The van der Waals surface area contributed by atoms with E-state index in [0.717, 1.165) is 0 Å². The molecule has 0 aliphatic carbocycles. The maximum Gasteiger partial charge on any atom is 0.340 e. The molecule has 0 bridgehead atoms. The average Bonchev–Trinajstić information content (AvgIpc) is 2.47. The maximum atomic E-state index is 13.9. The van der Waals surface area contributed by atoms with Crippen molar-refractivity contribution in [3.8, 4) is 0 Å². The Labute approximate surface area is 108 Å². The fourth-order valence-electron chi connectivity index (χ4n) is 1.63. The Balaban J connectivity index is 2.30. The smallest absolute Gasteiger partial charge is 0.340 e. The first-order valence-corrected chi connectivity index (χ1v) is 5.60. The van der Waals surface area contributed by atoms with Crippen molar-refractivity contribution in [2.45, 2.75) is 12.0 Å². The summed E-state index contributed by atoms with van der Waals surface area (Å²) in [6.07, 6.45) is -0.983. The zero-order valence-electron chi connectivity index (χ0n) is 9.83. The van der Waals surface area contributed by atoms with Crippen LogP contribution in [0.1, 0.15) is 22.2 Å². The predicted molar refractivity (Wildman–Crippen MR) is 64.9 cm³/mol. The van der Waals surface area contributed by atoms with Gasteiger partial charge in [-0.05, 0) is 12.1 Å². The number of aliphatic hydroxyl groups is 1. The topological polar surface area (TPSA) is 50.2 Å². The lowest BCUT2D eigenvalue weighted by molar-refractivity contribution is -0.0809. The van der Waals surface area contributed by atoms with Crippen molar-refractivity contribution >= 4 is 5.78 Å². The summed E-state index contributed by atoms with van der Waals surface area (Å²) in [5.41, 5.74) is -0.390. The number of aliphatic hydroxyl groups excluding tert-OH is 1. The van der Waals surface area contributed by atoms with Crippen LogP contribution in [0.25, 0.3) is 0 Å². The molecular weight excluding hydrogens is 252 g/mol. The highest BCUT2D eigenvalue weighted by Gasteiger charge is 2.48. The van der Waals surface area contributed by atoms with E-state index in [0.29, 0.717) is 0 Å². The quantitative estimate of drug-likeness (QED) is 0.863. The van der Waals surface area contributed by atoms with Gasteiger partial charge in [-0.25, -0.2) is 0 Å². The van der Waals surface area contributed by atoms with Crippen molar-refractivity contribution in [1.82, 2.24) is 4.98 Å². The van der Waals surface area contributed by atoms with Crippen LogP contribution in [0.2, 0.25) is 0 Å². The van der Waals surface area contributed by atoms with Crippen LogP contribution in [0, 0.1) is 0 Å². The molecule has 0 amide bonds. The highest BCUT2D eigenvalue weighted by molar-refractivity contribution is 6.01. The third-order valence-electron chi connectivity index (χ3n) is 2.65. The van der Waals surface area contributed by atoms with E-state index in [1.165, 1.54) is 48.7 Å². The zero-order valence-corrected chi connectivity index (χ0v) is 9.83. The van der Waals surface area contributed by atoms with Crippen LogP contribution >= 0.6 is 0 Å². The molecule has 0 radical (unpaired) electrons. The Hall–Kier alpha value is -2.14. The second kappa shape index (κ2) is 5.24. The molecule has 1 N–H and O–H groups in total. The highest BCUT2D eigenvalue weighted by Crippen LogP contribution is 2.33. The molecule has 1 atom stereocenters. The van der Waals surface area contributed by atoms with Gasteiger partial charge in [-0.2, -0.15) is 8.78 Å². The maximum absolute atomic E-state index is 13.9. The van der Waals surface area contributed by atoms with Crippen LogP contribution < -0.4 is 0 Å². The summed E-state index contributed by atoms with van der Waals surface area (Å²) in [7, 11) is 0. The molecule has 98 valence electrons. The molecule has 2 rings (SSSR count). The molecule has 0 aliphatic rings. The van der Waals surface area contributed by atoms with Crippen LogP contribution in [-0.2, 0) is 0 Å². The number of ketones is 1. The van der Waals surface area contributed by atoms with Gasteiger partial charge < -0.3 is 5.11 Å². The number of carbonyl (C=O) groups is 1. The van der Waals surface area contributed by atoms with Gasteiger partial charge >= 0.3 is 5.92 Å². The van der Waals surface area contributed by atoms with E-state index in [1.54, 1.807) is 6.07 Å². The number of alkyl halides is 2. The van der Waals surface area contributed by atoms with E-state index in [-0.39, 0.29) is 11.3 Å². The number of hydrogen-bond acceptors (Lipinski definition) is 3. The second-order valence-corrected chi connectivity index (χ2v) is 3.98. The van der Waals surface area contributed by atoms with E-state index in [1.807, 2.05) is 0 Å². The van der Waals surface area contributed by atoms with Crippen molar-refractivity contribution < 1.29 is 18.7 Å². The molecule has 2 aromatic rings. The van der Waals surface area contributed by atoms with Gasteiger partial charge in [0.15, 0.2) is 6.10 Å². The van der Waals surface area contributed by atoms with Crippen LogP contribution in [0.5, 0.6) is 0 Å². The Morgan fingerprint density at radius 2 is 1.74 bits per heavy atom. The van der Waals surface area contributed by atoms with Crippen molar-refractivity contribution in [2.75, 3.05) is 0 Å². The highest BCUT2D eigenvalue weighted by atomic mass is 19.3. The molecular formula is C14H11F2NO2. The van der Waals surface area contributed by atoms with Gasteiger partial charge in [0.25, 0.3) is 0 Å². The van der Waals surface area contributed by atoms with Crippen molar-refractivity contribution in [3.63, 3.8) is 0 Å². The Morgan fingerprint density at radius 3 is 2.32 bits per heavy atom. The van der Waals surface area contributed by atoms with Crippen molar-refractivity contribution in [1.29, 1.82) is 0 Å². The molecule has 0 saturated heterocycles. The number of aromatic nitrogens is 1. The minimum absolute atomic E-state index is 0.150. The molecule has 1 aromatic carbocycles. The number of pyridine rings is 1. The van der Waals surface area contributed by atoms with Gasteiger partial charge in [-0.1, -0.05) is 36.4 Å². The van der Waals surface area contributed by atoms with Crippen LogP contribution in [0.15, 0.2) is 54.7 Å². The lowest BCUT2D eigenvalue weighted by Crippen LogP contribution is -2.36. The summed E-state index contributed by atoms with van der Waals surface area (Å²) in [4.78, 5) is 15.4. The first-order chi connectivity index (χ1) is 9.03. The number of Topliss-reactive ketones (excluding diaryl/α,β-unsaturated/α-hetero) is 1. The first kappa shape index (κ1) is 13.3. The number of benzene rings is 1. The molecule has 1 aromatic heterocycles. The van der Waals surface area contributed by atoms with E-state index in [2.05, 4.69) is 4.98 Å². The largest absolute Gasteiger partial charge is 0.380 e. The standard InChI is InChI=1S/C14H11F2NO2/c15-14(16,12(18)10-6-2-1-3-7-10)13(19)11-8-4-5-9-17-11/h1-9,13,19H. The van der Waals surface area contributed by atoms with Gasteiger partial charge in [0.1, 0.15) is 0 Å². The van der Waals surface area contributed by atoms with Crippen LogP contribution in [0.3, 0.4) is 0 Å². The predicted octanol–water partition coefficient (Wildman–Crippen LogP) is 2.63. The van der Waals surface area contributed by atoms with Gasteiger partial charge in [-0.3, -0.25) is 9.78 Å². The number of carbonyl (C=O) groups excluding carboxylic acids is 1.